The molecule has 3 N–H and O–H groups in total. The lowest BCUT2D eigenvalue weighted by Gasteiger charge is -2.28. The number of carbonyl (C=O) groups excluding carboxylic acids is 2. The predicted octanol–water partition coefficient (Wildman–Crippen LogP) is 4.73. The number of para-hydroxylation sites is 1. The van der Waals surface area contributed by atoms with Crippen LogP contribution in [0.4, 0.5) is 5.69 Å². The van der Waals surface area contributed by atoms with Crippen LogP contribution in [0.5, 0.6) is 5.75 Å². The highest BCUT2D eigenvalue weighted by molar-refractivity contribution is 9.10. The van der Waals surface area contributed by atoms with Crippen LogP contribution in [-0.2, 0) is 22.6 Å². The van der Waals surface area contributed by atoms with Crippen LogP contribution in [0.15, 0.2) is 59.1 Å². The van der Waals surface area contributed by atoms with Gasteiger partial charge in [-0.25, -0.2) is 0 Å². The minimum Gasteiger partial charge on any atom is -0.496 e. The van der Waals surface area contributed by atoms with Crippen molar-refractivity contribution in [1.82, 2.24) is 5.32 Å². The van der Waals surface area contributed by atoms with Crippen LogP contribution >= 0.6 is 28.3 Å². The molecule has 0 unspecified atom stereocenters. The van der Waals surface area contributed by atoms with Crippen molar-refractivity contribution in [3.63, 3.8) is 0 Å². The molecular formula is C26H29BrClN3O3. The second kappa shape index (κ2) is 11.2. The van der Waals surface area contributed by atoms with Crippen LogP contribution in [0.1, 0.15) is 30.9 Å². The number of aryl methyl sites for hydroxylation is 1. The summed E-state index contributed by atoms with van der Waals surface area (Å²) in [6, 6.07) is 16.6. The highest BCUT2D eigenvalue weighted by Crippen LogP contribution is 2.35. The van der Waals surface area contributed by atoms with Crippen molar-refractivity contribution in [2.45, 2.75) is 44.8 Å². The van der Waals surface area contributed by atoms with E-state index in [1.54, 1.807) is 12.0 Å². The van der Waals surface area contributed by atoms with Crippen molar-refractivity contribution in [2.24, 2.45) is 5.73 Å². The summed E-state index contributed by atoms with van der Waals surface area (Å²) in [5.41, 5.74) is 8.77. The van der Waals surface area contributed by atoms with E-state index >= 15 is 0 Å². The molecule has 1 aliphatic heterocycles. The lowest BCUT2D eigenvalue weighted by atomic mass is 10.0. The molecule has 2 atom stereocenters. The van der Waals surface area contributed by atoms with Crippen LogP contribution in [0.2, 0.25) is 0 Å². The Labute approximate surface area is 214 Å². The molecule has 0 aliphatic carbocycles. The van der Waals surface area contributed by atoms with E-state index in [9.17, 15) is 9.59 Å². The maximum atomic E-state index is 13.8. The zero-order valence-electron chi connectivity index (χ0n) is 19.2. The lowest BCUT2D eigenvalue weighted by Crippen LogP contribution is -2.52. The van der Waals surface area contributed by atoms with E-state index in [1.807, 2.05) is 61.5 Å². The van der Waals surface area contributed by atoms with Crippen LogP contribution in [0.25, 0.3) is 10.8 Å². The van der Waals surface area contributed by atoms with Crippen molar-refractivity contribution < 1.29 is 14.3 Å². The predicted molar refractivity (Wildman–Crippen MR) is 142 cm³/mol. The summed E-state index contributed by atoms with van der Waals surface area (Å²) in [6.07, 6.45) is 1.72. The summed E-state index contributed by atoms with van der Waals surface area (Å²) < 4.78 is 6.66. The van der Waals surface area contributed by atoms with Crippen LogP contribution in [0, 0.1) is 0 Å². The largest absolute Gasteiger partial charge is 0.496 e. The van der Waals surface area contributed by atoms with Gasteiger partial charge in [-0.3, -0.25) is 9.59 Å². The van der Waals surface area contributed by atoms with Gasteiger partial charge < -0.3 is 20.7 Å². The number of fused-ring (bicyclic) bond motifs is 2. The normalized spacial score (nSPS) is 16.3. The Hall–Kier alpha value is -2.61. The van der Waals surface area contributed by atoms with E-state index in [-0.39, 0.29) is 24.2 Å². The monoisotopic (exact) mass is 545 g/mol. The van der Waals surface area contributed by atoms with Gasteiger partial charge in [0, 0.05) is 15.7 Å². The summed E-state index contributed by atoms with van der Waals surface area (Å²) in [7, 11) is 1.64. The molecule has 180 valence electrons. The first-order valence-electron chi connectivity index (χ1n) is 11.1. The fraction of sp³-hybridized carbons (Fsp3) is 0.308. The molecule has 0 aromatic heterocycles. The van der Waals surface area contributed by atoms with Crippen molar-refractivity contribution >= 4 is 56.6 Å². The van der Waals surface area contributed by atoms with Crippen LogP contribution < -0.4 is 20.7 Å². The van der Waals surface area contributed by atoms with Gasteiger partial charge in [0.2, 0.25) is 11.8 Å². The Morgan fingerprint density at radius 1 is 1.24 bits per heavy atom. The standard InChI is InChI=1S/C26H28BrN3O3.ClH/c1-3-21(28)25(31)29-22-12-8-16-6-4-5-7-23(16)30(26(22)32)15-20-19-11-10-18(27)14-17(19)9-13-24(20)33-2;/h4-7,9-11,13-14,21-22H,3,8,12,15,28H2,1-2H3,(H,29,31);1H/t21-,22-;/m0./s1. The maximum Gasteiger partial charge on any atom is 0.249 e. The zero-order valence-corrected chi connectivity index (χ0v) is 21.6. The quantitative estimate of drug-likeness (QED) is 0.468. The SMILES string of the molecule is CC[C@H](N)C(=O)N[C@H]1CCc2ccccc2N(Cc2c(OC)ccc3cc(Br)ccc23)C1=O.Cl. The van der Waals surface area contributed by atoms with Gasteiger partial charge in [-0.05, 0) is 59.9 Å². The fourth-order valence-electron chi connectivity index (χ4n) is 4.33. The highest BCUT2D eigenvalue weighted by Gasteiger charge is 2.33. The van der Waals surface area contributed by atoms with Gasteiger partial charge in [0.25, 0.3) is 0 Å². The third-order valence-corrected chi connectivity index (χ3v) is 6.72. The van der Waals surface area contributed by atoms with Gasteiger partial charge in [0.15, 0.2) is 0 Å². The van der Waals surface area contributed by atoms with E-state index in [1.165, 1.54) is 0 Å². The Morgan fingerprint density at radius 2 is 2.00 bits per heavy atom. The van der Waals surface area contributed by atoms with Crippen LogP contribution in [-0.4, -0.2) is 31.0 Å². The summed E-state index contributed by atoms with van der Waals surface area (Å²) in [4.78, 5) is 28.1. The van der Waals surface area contributed by atoms with Crippen molar-refractivity contribution in [1.29, 1.82) is 0 Å². The second-order valence-corrected chi connectivity index (χ2v) is 9.20. The number of halogens is 2. The number of carbonyl (C=O) groups is 2. The minimum atomic E-state index is -0.641. The summed E-state index contributed by atoms with van der Waals surface area (Å²) >= 11 is 3.53. The third kappa shape index (κ3) is 5.22. The first-order valence-corrected chi connectivity index (χ1v) is 11.9. The number of benzene rings is 3. The van der Waals surface area contributed by atoms with E-state index in [0.717, 1.165) is 32.1 Å². The van der Waals surface area contributed by atoms with E-state index in [4.69, 9.17) is 10.5 Å². The van der Waals surface area contributed by atoms with Crippen molar-refractivity contribution in [3.05, 3.63) is 70.2 Å². The van der Waals surface area contributed by atoms with Gasteiger partial charge in [-0.2, -0.15) is 0 Å². The average Bonchev–Trinajstić information content (AvgIpc) is 2.95. The number of nitrogens with one attached hydrogen (secondary N) is 1. The molecular weight excluding hydrogens is 518 g/mol. The first kappa shape index (κ1) is 26.0. The molecule has 0 saturated heterocycles. The first-order chi connectivity index (χ1) is 15.9. The highest BCUT2D eigenvalue weighted by atomic mass is 79.9. The molecule has 0 bridgehead atoms. The van der Waals surface area contributed by atoms with Gasteiger partial charge >= 0.3 is 0 Å². The summed E-state index contributed by atoms with van der Waals surface area (Å²) in [6.45, 7) is 2.18. The molecule has 0 spiro atoms. The van der Waals surface area contributed by atoms with Crippen LogP contribution in [0.3, 0.4) is 0 Å². The Morgan fingerprint density at radius 3 is 2.74 bits per heavy atom. The smallest absolute Gasteiger partial charge is 0.249 e. The number of nitrogens with zero attached hydrogens (tertiary/aromatic N) is 1. The minimum absolute atomic E-state index is 0. The topological polar surface area (TPSA) is 84.7 Å². The number of rotatable bonds is 6. The Bertz CT molecular complexity index is 1200. The third-order valence-electron chi connectivity index (χ3n) is 6.23. The molecule has 34 heavy (non-hydrogen) atoms. The van der Waals surface area contributed by atoms with Gasteiger partial charge in [-0.1, -0.05) is 53.2 Å². The van der Waals surface area contributed by atoms with E-state index < -0.39 is 12.1 Å². The number of anilines is 1. The fourth-order valence-corrected chi connectivity index (χ4v) is 4.71. The number of hydrogen-bond acceptors (Lipinski definition) is 4. The van der Waals surface area contributed by atoms with Gasteiger partial charge in [0.05, 0.1) is 19.7 Å². The molecule has 0 fully saturated rings. The molecule has 0 radical (unpaired) electrons. The lowest BCUT2D eigenvalue weighted by molar-refractivity contribution is -0.128. The molecule has 0 saturated carbocycles. The van der Waals surface area contributed by atoms with E-state index in [2.05, 4.69) is 21.2 Å². The second-order valence-electron chi connectivity index (χ2n) is 8.28. The number of nitrogens with two attached hydrogens (primary N) is 1. The number of amides is 2. The Balaban J connectivity index is 0.00000324. The molecule has 6 nitrogen and oxygen atoms in total. The van der Waals surface area contributed by atoms with Crippen molar-refractivity contribution in [2.75, 3.05) is 12.0 Å². The summed E-state index contributed by atoms with van der Waals surface area (Å²) in [5, 5.41) is 4.96. The molecule has 8 heteroatoms. The number of ether oxygens (including phenoxy) is 1. The van der Waals surface area contributed by atoms with Crippen molar-refractivity contribution in [3.8, 4) is 5.75 Å². The molecule has 3 aromatic rings. The molecule has 1 heterocycles. The average molecular weight is 547 g/mol. The maximum absolute atomic E-state index is 13.8. The molecule has 4 rings (SSSR count). The molecule has 3 aromatic carbocycles. The molecule has 1 aliphatic rings. The number of methoxy groups -OCH3 is 1. The Kier molecular flexibility index (Phi) is 8.57. The molecule has 2 amide bonds. The van der Waals surface area contributed by atoms with Gasteiger partial charge in [0.1, 0.15) is 11.8 Å². The zero-order chi connectivity index (χ0) is 23.5. The van der Waals surface area contributed by atoms with Gasteiger partial charge in [-0.15, -0.1) is 12.4 Å². The summed E-state index contributed by atoms with van der Waals surface area (Å²) in [5.74, 6) is 0.273. The number of hydrogen-bond donors (Lipinski definition) is 2. The van der Waals surface area contributed by atoms with E-state index in [0.29, 0.717) is 31.6 Å².